The zero-order valence-electron chi connectivity index (χ0n) is 11.7. The molecular weight excluding hydrogens is 381 g/mol. The fourth-order valence-electron chi connectivity index (χ4n) is 1.41. The van der Waals surface area contributed by atoms with Crippen LogP contribution in [0.4, 0.5) is 5.69 Å². The summed E-state index contributed by atoms with van der Waals surface area (Å²) in [6, 6.07) is 6.48. The zero-order valence-corrected chi connectivity index (χ0v) is 14.8. The number of carbonyl (C=O) groups excluding carboxylic acids is 1. The Morgan fingerprint density at radius 3 is 2.61 bits per heavy atom. The number of hydrogen-bond acceptors (Lipinski definition) is 6. The van der Waals surface area contributed by atoms with Gasteiger partial charge in [-0.15, -0.1) is 11.3 Å². The van der Waals surface area contributed by atoms with Crippen molar-refractivity contribution in [3.63, 3.8) is 0 Å². The van der Waals surface area contributed by atoms with E-state index in [0.717, 1.165) is 0 Å². The summed E-state index contributed by atoms with van der Waals surface area (Å²) in [6.07, 6.45) is 1.29. The normalized spacial score (nSPS) is 11.7. The predicted octanol–water partition coefficient (Wildman–Crippen LogP) is 5.34. The van der Waals surface area contributed by atoms with E-state index in [9.17, 15) is 4.79 Å². The van der Waals surface area contributed by atoms with E-state index in [0.29, 0.717) is 31.3 Å². The molecule has 120 valence electrons. The smallest absolute Gasteiger partial charge is 0.312 e. The van der Waals surface area contributed by atoms with Crippen molar-refractivity contribution in [2.45, 2.75) is 6.92 Å². The summed E-state index contributed by atoms with van der Waals surface area (Å²) in [5.41, 5.74) is 3.58. The lowest BCUT2D eigenvalue weighted by atomic mass is 10.3. The van der Waals surface area contributed by atoms with Crippen molar-refractivity contribution in [2.24, 2.45) is 10.3 Å². The Kier molecular flexibility index (Phi) is 6.41. The summed E-state index contributed by atoms with van der Waals surface area (Å²) < 4.78 is 0. The number of nitrogens with zero attached hydrogens (tertiary/aromatic N) is 2. The van der Waals surface area contributed by atoms with Crippen LogP contribution >= 0.6 is 46.1 Å². The van der Waals surface area contributed by atoms with E-state index in [1.165, 1.54) is 17.6 Å². The molecule has 23 heavy (non-hydrogen) atoms. The van der Waals surface area contributed by atoms with Gasteiger partial charge in [-0.25, -0.2) is 4.79 Å². The first-order valence-corrected chi connectivity index (χ1v) is 8.22. The molecule has 1 aromatic carbocycles. The highest BCUT2D eigenvalue weighted by Crippen LogP contribution is 2.33. The first kappa shape index (κ1) is 17.7. The molecule has 0 spiro atoms. The monoisotopic (exact) mass is 389 g/mol. The molecule has 5 nitrogen and oxygen atoms in total. The van der Waals surface area contributed by atoms with Crippen LogP contribution in [0.2, 0.25) is 15.1 Å². The molecule has 0 bridgehead atoms. The molecule has 0 saturated carbocycles. The summed E-state index contributed by atoms with van der Waals surface area (Å²) in [7, 11) is 0. The summed E-state index contributed by atoms with van der Waals surface area (Å²) in [4.78, 5) is 16.8. The molecule has 0 fully saturated rings. The highest BCUT2D eigenvalue weighted by molar-refractivity contribution is 7.11. The number of thiophene rings is 1. The van der Waals surface area contributed by atoms with Crippen molar-refractivity contribution in [2.75, 3.05) is 5.43 Å². The van der Waals surface area contributed by atoms with Crippen molar-refractivity contribution in [3.8, 4) is 0 Å². The largest absolute Gasteiger partial charge is 0.375 e. The molecule has 0 amide bonds. The van der Waals surface area contributed by atoms with E-state index in [1.54, 1.807) is 36.6 Å². The lowest BCUT2D eigenvalue weighted by molar-refractivity contribution is 0.0525. The van der Waals surface area contributed by atoms with Gasteiger partial charge in [0.1, 0.15) is 4.88 Å². The van der Waals surface area contributed by atoms with E-state index < -0.39 is 5.97 Å². The number of oxime groups is 1. The maximum absolute atomic E-state index is 11.6. The van der Waals surface area contributed by atoms with Gasteiger partial charge in [-0.2, -0.15) is 5.10 Å². The maximum atomic E-state index is 11.6. The summed E-state index contributed by atoms with van der Waals surface area (Å²) in [6.45, 7) is 1.66. The summed E-state index contributed by atoms with van der Waals surface area (Å²) >= 11 is 19.1. The van der Waals surface area contributed by atoms with E-state index in [4.69, 9.17) is 39.6 Å². The van der Waals surface area contributed by atoms with E-state index >= 15 is 0 Å². The van der Waals surface area contributed by atoms with Crippen LogP contribution in [0.15, 0.2) is 39.9 Å². The second-order valence-electron chi connectivity index (χ2n) is 4.20. The molecule has 0 aliphatic heterocycles. The number of benzene rings is 1. The van der Waals surface area contributed by atoms with Crippen LogP contribution < -0.4 is 5.43 Å². The van der Waals surface area contributed by atoms with Gasteiger partial charge in [0.25, 0.3) is 0 Å². The van der Waals surface area contributed by atoms with Crippen LogP contribution in [0.5, 0.6) is 0 Å². The molecule has 9 heteroatoms. The highest BCUT2D eigenvalue weighted by atomic mass is 35.5. The standard InChI is InChI=1S/C14H10Cl3N3O2S/c1-8(7-18-22-14(21)12-3-2-4-23-12)19-20-13-10(16)5-9(15)6-11(13)17/h2-7,20H,1H3/b18-7-,19-8-. The second-order valence-corrected chi connectivity index (χ2v) is 6.40. The molecule has 1 heterocycles. The third-order valence-corrected chi connectivity index (χ3v) is 4.11. The molecule has 0 aliphatic rings. The van der Waals surface area contributed by atoms with Crippen LogP contribution in [0.1, 0.15) is 16.6 Å². The number of hydrogen-bond donors (Lipinski definition) is 1. The SMILES string of the molecule is CC(/C=N\OC(=O)c1cccs1)=N/Nc1c(Cl)cc(Cl)cc1Cl. The molecule has 0 saturated heterocycles. The van der Waals surface area contributed by atoms with Gasteiger partial charge in [0.15, 0.2) is 0 Å². The highest BCUT2D eigenvalue weighted by Gasteiger charge is 2.08. The van der Waals surface area contributed by atoms with Crippen molar-refractivity contribution in [1.82, 2.24) is 0 Å². The number of anilines is 1. The average molecular weight is 391 g/mol. The van der Waals surface area contributed by atoms with Gasteiger partial charge in [-0.1, -0.05) is 46.0 Å². The molecule has 0 radical (unpaired) electrons. The Balaban J connectivity index is 1.95. The van der Waals surface area contributed by atoms with Gasteiger partial charge in [0.05, 0.1) is 27.7 Å². The summed E-state index contributed by atoms with van der Waals surface area (Å²) in [5, 5.41) is 10.5. The van der Waals surface area contributed by atoms with Crippen molar-refractivity contribution in [3.05, 3.63) is 49.6 Å². The minimum Gasteiger partial charge on any atom is -0.312 e. The molecule has 2 aromatic rings. The minimum atomic E-state index is -0.527. The maximum Gasteiger partial charge on any atom is 0.375 e. The Bertz CT molecular complexity index is 738. The molecule has 0 aliphatic carbocycles. The first-order chi connectivity index (χ1) is 11.0. The van der Waals surface area contributed by atoms with Crippen molar-refractivity contribution >= 4 is 69.7 Å². The van der Waals surface area contributed by atoms with Crippen LogP contribution in [0.25, 0.3) is 0 Å². The second kappa shape index (κ2) is 8.31. The quantitative estimate of drug-likeness (QED) is 0.426. The van der Waals surface area contributed by atoms with Gasteiger partial charge in [-0.05, 0) is 30.5 Å². The third-order valence-electron chi connectivity index (χ3n) is 2.45. The lowest BCUT2D eigenvalue weighted by Gasteiger charge is -2.06. The third kappa shape index (κ3) is 5.21. The van der Waals surface area contributed by atoms with E-state index in [1.807, 2.05) is 0 Å². The molecule has 2 rings (SSSR count). The van der Waals surface area contributed by atoms with Crippen LogP contribution in [-0.2, 0) is 4.84 Å². The van der Waals surface area contributed by atoms with Gasteiger partial charge < -0.3 is 4.84 Å². The van der Waals surface area contributed by atoms with E-state index in [-0.39, 0.29) is 0 Å². The topological polar surface area (TPSA) is 63.0 Å². The fraction of sp³-hybridized carbons (Fsp3) is 0.0714. The Morgan fingerprint density at radius 2 is 2.00 bits per heavy atom. The number of nitrogens with one attached hydrogen (secondary N) is 1. The Hall–Kier alpha value is -1.60. The summed E-state index contributed by atoms with van der Waals surface area (Å²) in [5.74, 6) is -0.527. The number of rotatable bonds is 5. The van der Waals surface area contributed by atoms with Crippen molar-refractivity contribution in [1.29, 1.82) is 0 Å². The average Bonchev–Trinajstić information content (AvgIpc) is 3.00. The predicted molar refractivity (Wildman–Crippen MR) is 96.4 cm³/mol. The first-order valence-electron chi connectivity index (χ1n) is 6.20. The number of halogens is 3. The lowest BCUT2D eigenvalue weighted by Crippen LogP contribution is -2.02. The number of carbonyl (C=O) groups is 1. The molecule has 0 atom stereocenters. The molecule has 1 aromatic heterocycles. The molecule has 0 unspecified atom stereocenters. The van der Waals surface area contributed by atoms with Gasteiger partial charge in [0.2, 0.25) is 0 Å². The van der Waals surface area contributed by atoms with Gasteiger partial charge >= 0.3 is 5.97 Å². The van der Waals surface area contributed by atoms with Gasteiger partial charge in [0, 0.05) is 5.02 Å². The fourth-order valence-corrected chi connectivity index (χ4v) is 2.91. The Labute approximate surface area is 151 Å². The minimum absolute atomic E-state index is 0.333. The van der Waals surface area contributed by atoms with Crippen molar-refractivity contribution < 1.29 is 9.63 Å². The van der Waals surface area contributed by atoms with E-state index in [2.05, 4.69) is 15.7 Å². The zero-order chi connectivity index (χ0) is 16.8. The number of hydrazone groups is 1. The molecule has 1 N–H and O–H groups in total. The van der Waals surface area contributed by atoms with Crippen LogP contribution in [0.3, 0.4) is 0 Å². The Morgan fingerprint density at radius 1 is 1.30 bits per heavy atom. The van der Waals surface area contributed by atoms with Gasteiger partial charge in [-0.3, -0.25) is 5.43 Å². The van der Waals surface area contributed by atoms with Crippen LogP contribution in [0, 0.1) is 0 Å². The molecular formula is C14H10Cl3N3O2S. The van der Waals surface area contributed by atoms with Crippen LogP contribution in [-0.4, -0.2) is 17.9 Å².